The molecule has 5 heteroatoms. The molecule has 128 valence electrons. The third kappa shape index (κ3) is 3.40. The van der Waals surface area contributed by atoms with Crippen LogP contribution in [0.4, 0.5) is 0 Å². The molecule has 5 nitrogen and oxygen atoms in total. The number of ether oxygens (including phenoxy) is 2. The van der Waals surface area contributed by atoms with E-state index in [2.05, 4.69) is 0 Å². The van der Waals surface area contributed by atoms with E-state index in [0.717, 1.165) is 22.8 Å². The molecule has 0 bridgehead atoms. The molecule has 25 heavy (non-hydrogen) atoms. The molecule has 0 aliphatic heterocycles. The van der Waals surface area contributed by atoms with Crippen molar-refractivity contribution >= 4 is 23.2 Å². The number of rotatable bonds is 6. The lowest BCUT2D eigenvalue weighted by Gasteiger charge is -2.15. The molecule has 0 aliphatic carbocycles. The lowest BCUT2D eigenvalue weighted by atomic mass is 10.2. The zero-order chi connectivity index (χ0) is 17.8. The molecule has 0 radical (unpaired) electrons. The van der Waals surface area contributed by atoms with Crippen LogP contribution in [0.25, 0.3) is 10.9 Å². The van der Waals surface area contributed by atoms with Crippen molar-refractivity contribution in [2.24, 2.45) is 0 Å². The molecule has 0 saturated carbocycles. The Morgan fingerprint density at radius 1 is 1.20 bits per heavy atom. The fourth-order valence-corrected chi connectivity index (χ4v) is 2.76. The highest BCUT2D eigenvalue weighted by Gasteiger charge is 2.20. The highest BCUT2D eigenvalue weighted by atomic mass is 16.5. The number of hydrogen-bond donors (Lipinski definition) is 0. The summed E-state index contributed by atoms with van der Waals surface area (Å²) in [5.41, 5.74) is 2.22. The summed E-state index contributed by atoms with van der Waals surface area (Å²) in [5.74, 6) is 0.307. The van der Waals surface area contributed by atoms with Gasteiger partial charge < -0.3 is 14.0 Å². The van der Waals surface area contributed by atoms with Crippen molar-refractivity contribution in [1.82, 2.24) is 4.57 Å². The van der Waals surface area contributed by atoms with Crippen molar-refractivity contribution in [3.63, 3.8) is 0 Å². The number of carbonyl (C=O) groups excluding carboxylic acids is 2. The zero-order valence-corrected chi connectivity index (χ0v) is 14.1. The summed E-state index contributed by atoms with van der Waals surface area (Å²) in [6, 6.07) is 14.4. The number of methoxy groups -OCH3 is 1. The minimum absolute atomic E-state index is 0.220. The first-order valence-corrected chi connectivity index (χ1v) is 7.98. The molecule has 1 unspecified atom stereocenters. The lowest BCUT2D eigenvalue weighted by Crippen LogP contribution is -2.18. The van der Waals surface area contributed by atoms with Gasteiger partial charge in [0.15, 0.2) is 6.29 Å². The van der Waals surface area contributed by atoms with Gasteiger partial charge in [-0.25, -0.2) is 4.79 Å². The molecular formula is C20H19NO4. The van der Waals surface area contributed by atoms with Crippen LogP contribution in [0.2, 0.25) is 0 Å². The predicted molar refractivity (Wildman–Crippen MR) is 94.8 cm³/mol. The van der Waals surface area contributed by atoms with Gasteiger partial charge in [0.25, 0.3) is 0 Å². The van der Waals surface area contributed by atoms with E-state index in [-0.39, 0.29) is 12.6 Å². The van der Waals surface area contributed by atoms with Crippen LogP contribution in [0.15, 0.2) is 54.7 Å². The van der Waals surface area contributed by atoms with Crippen LogP contribution < -0.4 is 4.74 Å². The Bertz CT molecular complexity index is 899. The van der Waals surface area contributed by atoms with Gasteiger partial charge >= 0.3 is 5.97 Å². The summed E-state index contributed by atoms with van der Waals surface area (Å²) in [5, 5.41) is 0.747. The van der Waals surface area contributed by atoms with Crippen LogP contribution >= 0.6 is 0 Å². The third-order valence-electron chi connectivity index (χ3n) is 4.18. The van der Waals surface area contributed by atoms with Crippen molar-refractivity contribution in [3.05, 3.63) is 65.9 Å². The molecule has 0 fully saturated rings. The number of fused-ring (bicyclic) bond motifs is 1. The van der Waals surface area contributed by atoms with Crippen LogP contribution in [0.5, 0.6) is 5.75 Å². The predicted octanol–water partition coefficient (Wildman–Crippen LogP) is 3.77. The van der Waals surface area contributed by atoms with E-state index in [4.69, 9.17) is 9.47 Å². The molecule has 2 aromatic carbocycles. The summed E-state index contributed by atoms with van der Waals surface area (Å²) in [7, 11) is 1.57. The maximum atomic E-state index is 12.4. The van der Waals surface area contributed by atoms with Crippen LogP contribution in [-0.2, 0) is 16.1 Å². The van der Waals surface area contributed by atoms with E-state index in [0.29, 0.717) is 11.3 Å². The first kappa shape index (κ1) is 16.8. The van der Waals surface area contributed by atoms with E-state index in [1.807, 2.05) is 36.4 Å². The number of esters is 1. The summed E-state index contributed by atoms with van der Waals surface area (Å²) in [6.07, 6.45) is 2.45. The highest BCUT2D eigenvalue weighted by molar-refractivity contribution is 5.99. The monoisotopic (exact) mass is 337 g/mol. The van der Waals surface area contributed by atoms with Crippen molar-refractivity contribution in [2.75, 3.05) is 7.11 Å². The first-order chi connectivity index (χ1) is 12.1. The molecule has 1 atom stereocenters. The molecular weight excluding hydrogens is 318 g/mol. The average Bonchev–Trinajstić information content (AvgIpc) is 3.04. The molecule has 1 aromatic heterocycles. The molecule has 0 aliphatic rings. The first-order valence-electron chi connectivity index (χ1n) is 7.98. The van der Waals surface area contributed by atoms with Gasteiger partial charge in [-0.2, -0.15) is 0 Å². The van der Waals surface area contributed by atoms with Crippen LogP contribution in [0.3, 0.4) is 0 Å². The Morgan fingerprint density at radius 2 is 1.96 bits per heavy atom. The highest BCUT2D eigenvalue weighted by Crippen LogP contribution is 2.28. The Kier molecular flexibility index (Phi) is 4.84. The minimum Gasteiger partial charge on any atom is -0.497 e. The maximum absolute atomic E-state index is 12.4. The normalized spacial score (nSPS) is 11.9. The zero-order valence-electron chi connectivity index (χ0n) is 14.1. The molecule has 1 heterocycles. The van der Waals surface area contributed by atoms with E-state index >= 15 is 0 Å². The summed E-state index contributed by atoms with van der Waals surface area (Å²) < 4.78 is 12.4. The molecule has 0 spiro atoms. The van der Waals surface area contributed by atoms with Gasteiger partial charge in [0, 0.05) is 22.7 Å². The summed E-state index contributed by atoms with van der Waals surface area (Å²) >= 11 is 0. The quantitative estimate of drug-likeness (QED) is 0.507. The third-order valence-corrected chi connectivity index (χ3v) is 4.18. The van der Waals surface area contributed by atoms with Gasteiger partial charge in [-0.1, -0.05) is 30.3 Å². The lowest BCUT2D eigenvalue weighted by molar-refractivity contribution is -0.148. The smallest absolute Gasteiger partial charge is 0.329 e. The van der Waals surface area contributed by atoms with Crippen molar-refractivity contribution in [3.8, 4) is 5.75 Å². The Hall–Kier alpha value is -3.08. The van der Waals surface area contributed by atoms with E-state index in [1.165, 1.54) is 0 Å². The number of carbonyl (C=O) groups is 2. The number of aromatic nitrogens is 1. The fourth-order valence-electron chi connectivity index (χ4n) is 2.76. The largest absolute Gasteiger partial charge is 0.497 e. The molecule has 0 saturated heterocycles. The van der Waals surface area contributed by atoms with E-state index in [1.54, 1.807) is 36.9 Å². The van der Waals surface area contributed by atoms with Crippen LogP contribution in [-0.4, -0.2) is 23.9 Å². The number of hydrogen-bond acceptors (Lipinski definition) is 4. The standard InChI is InChI=1S/C20H19NO4/c1-14(20(23)25-13-15-6-4-3-5-7-15)21-11-16(12-22)18-10-17(24-2)8-9-19(18)21/h3-12,14H,13H2,1-2H3. The second-order valence-electron chi connectivity index (χ2n) is 5.76. The fraction of sp³-hybridized carbons (Fsp3) is 0.200. The molecule has 3 rings (SSSR count). The van der Waals surface area contributed by atoms with E-state index < -0.39 is 6.04 Å². The van der Waals surface area contributed by atoms with Crippen molar-refractivity contribution < 1.29 is 19.1 Å². The number of aldehydes is 1. The molecule has 0 N–H and O–H groups in total. The van der Waals surface area contributed by atoms with E-state index in [9.17, 15) is 9.59 Å². The summed E-state index contributed by atoms with van der Waals surface area (Å²) in [4.78, 5) is 23.8. The average molecular weight is 337 g/mol. The maximum Gasteiger partial charge on any atom is 0.329 e. The van der Waals surface area contributed by atoms with Gasteiger partial charge in [0.1, 0.15) is 18.4 Å². The second-order valence-corrected chi connectivity index (χ2v) is 5.76. The molecule has 0 amide bonds. The van der Waals surface area contributed by atoms with Gasteiger partial charge in [0.05, 0.1) is 7.11 Å². The van der Waals surface area contributed by atoms with Gasteiger partial charge in [-0.3, -0.25) is 4.79 Å². The number of benzene rings is 2. The van der Waals surface area contributed by atoms with Crippen LogP contribution in [0.1, 0.15) is 28.9 Å². The van der Waals surface area contributed by atoms with Crippen molar-refractivity contribution in [2.45, 2.75) is 19.6 Å². The summed E-state index contributed by atoms with van der Waals surface area (Å²) in [6.45, 7) is 1.98. The Morgan fingerprint density at radius 3 is 2.64 bits per heavy atom. The van der Waals surface area contributed by atoms with Gasteiger partial charge in [-0.05, 0) is 30.7 Å². The SMILES string of the molecule is COc1ccc2c(c1)c(C=O)cn2C(C)C(=O)OCc1ccccc1. The van der Waals surface area contributed by atoms with Crippen LogP contribution in [0, 0.1) is 0 Å². The molecule has 3 aromatic rings. The van der Waals surface area contributed by atoms with Gasteiger partial charge in [0.2, 0.25) is 0 Å². The van der Waals surface area contributed by atoms with Gasteiger partial charge in [-0.15, -0.1) is 0 Å². The topological polar surface area (TPSA) is 57.5 Å². The van der Waals surface area contributed by atoms with Crippen molar-refractivity contribution in [1.29, 1.82) is 0 Å². The Balaban J connectivity index is 1.85. The second kappa shape index (κ2) is 7.21. The Labute approximate surface area is 145 Å². The number of nitrogens with zero attached hydrogens (tertiary/aromatic N) is 1. The minimum atomic E-state index is -0.548.